The Morgan fingerprint density at radius 3 is 2.38 bits per heavy atom. The fraction of sp³-hybridized carbons (Fsp3) is 0.167. The van der Waals surface area contributed by atoms with Crippen LogP contribution in [-0.2, 0) is 4.74 Å². The lowest BCUT2D eigenvalue weighted by Gasteiger charge is -2.20. The molecule has 5 heteroatoms. The van der Waals surface area contributed by atoms with E-state index >= 15 is 0 Å². The summed E-state index contributed by atoms with van der Waals surface area (Å²) in [5, 5.41) is 9.03. The van der Waals surface area contributed by atoms with Gasteiger partial charge in [-0.15, -0.1) is 0 Å². The van der Waals surface area contributed by atoms with Crippen molar-refractivity contribution in [2.24, 2.45) is 0 Å². The van der Waals surface area contributed by atoms with Crippen molar-refractivity contribution in [3.05, 3.63) is 94.7 Å². The molecule has 0 N–H and O–H groups in total. The number of allylic oxidation sites excluding steroid dienone is 3. The topological polar surface area (TPSA) is 49.9 Å². The summed E-state index contributed by atoms with van der Waals surface area (Å²) in [7, 11) is 3.68. The number of rotatable bonds is 5. The molecule has 0 atom stereocenters. The Morgan fingerprint density at radius 2 is 1.79 bits per heavy atom. The number of nitriles is 1. The summed E-state index contributed by atoms with van der Waals surface area (Å²) < 4.78 is 10.8. The first-order valence-electron chi connectivity index (χ1n) is 9.15. The molecule has 0 amide bonds. The standard InChI is InChI=1S/C24H21N3O2/c1-26-24(17-25)19-14-15-29-23(16-19)11-6-18-4-7-20(8-5-18)27(2)21-9-12-22(28-3)13-10-21/h4-13,16H,14-15H2,2-3H3/b11-6+,24-19-. The van der Waals surface area contributed by atoms with E-state index in [2.05, 4.69) is 21.9 Å². The first kappa shape index (κ1) is 19.8. The molecule has 29 heavy (non-hydrogen) atoms. The van der Waals surface area contributed by atoms with Gasteiger partial charge in [-0.2, -0.15) is 0 Å². The monoisotopic (exact) mass is 383 g/mol. The van der Waals surface area contributed by atoms with Crippen molar-refractivity contribution in [1.82, 2.24) is 0 Å². The lowest BCUT2D eigenvalue weighted by molar-refractivity contribution is 0.219. The highest BCUT2D eigenvalue weighted by atomic mass is 16.5. The van der Waals surface area contributed by atoms with Crippen LogP contribution < -0.4 is 9.64 Å². The SMILES string of the molecule is [C-]#[N+]/C(C#N)=C1C=C(/C=C/c2ccc(N(C)c3ccc(OC)cc3)cc2)OCC\1. The lowest BCUT2D eigenvalue weighted by Crippen LogP contribution is -2.08. The van der Waals surface area contributed by atoms with E-state index in [4.69, 9.17) is 21.3 Å². The Morgan fingerprint density at radius 1 is 1.14 bits per heavy atom. The highest BCUT2D eigenvalue weighted by Gasteiger charge is 2.11. The molecule has 0 fully saturated rings. The molecule has 0 spiro atoms. The Labute approximate surface area is 171 Å². The van der Waals surface area contributed by atoms with Crippen LogP contribution in [0.25, 0.3) is 10.9 Å². The summed E-state index contributed by atoms with van der Waals surface area (Å²) in [6.07, 6.45) is 6.16. The van der Waals surface area contributed by atoms with Gasteiger partial charge in [0.1, 0.15) is 11.5 Å². The molecule has 0 saturated carbocycles. The van der Waals surface area contributed by atoms with Crippen LogP contribution in [0, 0.1) is 17.9 Å². The van der Waals surface area contributed by atoms with Crippen LogP contribution >= 0.6 is 0 Å². The Kier molecular flexibility index (Phi) is 6.35. The van der Waals surface area contributed by atoms with Crippen molar-refractivity contribution in [2.75, 3.05) is 25.7 Å². The minimum Gasteiger partial charge on any atom is -0.497 e. The number of nitrogens with zero attached hydrogens (tertiary/aromatic N) is 3. The van der Waals surface area contributed by atoms with E-state index in [0.29, 0.717) is 18.8 Å². The maximum Gasteiger partial charge on any atom is 0.265 e. The van der Waals surface area contributed by atoms with E-state index in [-0.39, 0.29) is 5.70 Å². The molecule has 0 radical (unpaired) electrons. The third-order valence-corrected chi connectivity index (χ3v) is 4.66. The maximum atomic E-state index is 9.03. The van der Waals surface area contributed by atoms with Crippen LogP contribution in [0.1, 0.15) is 12.0 Å². The summed E-state index contributed by atoms with van der Waals surface area (Å²) in [4.78, 5) is 5.38. The van der Waals surface area contributed by atoms with Gasteiger partial charge in [0, 0.05) is 18.4 Å². The number of ether oxygens (including phenoxy) is 2. The average molecular weight is 383 g/mol. The maximum absolute atomic E-state index is 9.03. The highest BCUT2D eigenvalue weighted by molar-refractivity contribution is 5.65. The Balaban J connectivity index is 1.72. The van der Waals surface area contributed by atoms with Gasteiger partial charge >= 0.3 is 0 Å². The predicted molar refractivity (Wildman–Crippen MR) is 114 cm³/mol. The molecule has 0 saturated heterocycles. The van der Waals surface area contributed by atoms with Gasteiger partial charge in [0.25, 0.3) is 5.70 Å². The molecule has 1 aliphatic heterocycles. The van der Waals surface area contributed by atoms with Crippen molar-refractivity contribution in [1.29, 1.82) is 5.26 Å². The zero-order valence-electron chi connectivity index (χ0n) is 16.4. The Bertz CT molecular complexity index is 1020. The molecule has 0 bridgehead atoms. The van der Waals surface area contributed by atoms with Crippen LogP contribution in [0.3, 0.4) is 0 Å². The van der Waals surface area contributed by atoms with Crippen LogP contribution in [0.4, 0.5) is 11.4 Å². The smallest absolute Gasteiger partial charge is 0.265 e. The van der Waals surface area contributed by atoms with Gasteiger partial charge < -0.3 is 14.4 Å². The van der Waals surface area contributed by atoms with E-state index in [1.807, 2.05) is 61.7 Å². The lowest BCUT2D eigenvalue weighted by atomic mass is 10.1. The summed E-state index contributed by atoms with van der Waals surface area (Å²) in [5.74, 6) is 1.49. The van der Waals surface area contributed by atoms with Crippen molar-refractivity contribution >= 4 is 17.5 Å². The minimum atomic E-state index is 0.130. The quantitative estimate of drug-likeness (QED) is 0.507. The third kappa shape index (κ3) is 4.86. The predicted octanol–water partition coefficient (Wildman–Crippen LogP) is 5.48. The summed E-state index contributed by atoms with van der Waals surface area (Å²) in [5.41, 5.74) is 4.03. The summed E-state index contributed by atoms with van der Waals surface area (Å²) >= 11 is 0. The fourth-order valence-electron chi connectivity index (χ4n) is 2.96. The number of anilines is 2. The largest absolute Gasteiger partial charge is 0.497 e. The zero-order valence-corrected chi connectivity index (χ0v) is 16.4. The molecule has 0 aliphatic carbocycles. The Hall–Kier alpha value is -3.96. The van der Waals surface area contributed by atoms with Crippen molar-refractivity contribution < 1.29 is 9.47 Å². The molecule has 1 heterocycles. The van der Waals surface area contributed by atoms with Gasteiger partial charge in [0.15, 0.2) is 0 Å². The molecular weight excluding hydrogens is 362 g/mol. The van der Waals surface area contributed by atoms with Crippen LogP contribution in [-0.4, -0.2) is 20.8 Å². The highest BCUT2D eigenvalue weighted by Crippen LogP contribution is 2.26. The number of benzene rings is 2. The molecule has 5 nitrogen and oxygen atoms in total. The van der Waals surface area contributed by atoms with E-state index in [9.17, 15) is 0 Å². The van der Waals surface area contributed by atoms with Crippen molar-refractivity contribution in [3.8, 4) is 11.8 Å². The molecular formula is C24H21N3O2. The molecule has 3 rings (SSSR count). The van der Waals surface area contributed by atoms with Crippen LogP contribution in [0.15, 0.2) is 77.7 Å². The van der Waals surface area contributed by atoms with Crippen LogP contribution in [0.2, 0.25) is 0 Å². The van der Waals surface area contributed by atoms with Gasteiger partial charge in [-0.05, 0) is 66.1 Å². The number of methoxy groups -OCH3 is 1. The molecule has 144 valence electrons. The first-order valence-corrected chi connectivity index (χ1v) is 9.15. The molecule has 1 aliphatic rings. The number of hydrogen-bond donors (Lipinski definition) is 0. The van der Waals surface area contributed by atoms with Gasteiger partial charge in [-0.25, -0.2) is 10.1 Å². The summed E-state index contributed by atoms with van der Waals surface area (Å²) in [6.45, 7) is 7.55. The van der Waals surface area contributed by atoms with Crippen LogP contribution in [0.5, 0.6) is 5.75 Å². The van der Waals surface area contributed by atoms with E-state index < -0.39 is 0 Å². The van der Waals surface area contributed by atoms with Crippen molar-refractivity contribution in [2.45, 2.75) is 6.42 Å². The zero-order chi connectivity index (χ0) is 20.6. The normalized spacial score (nSPS) is 15.0. The molecule has 2 aromatic carbocycles. The minimum absolute atomic E-state index is 0.130. The van der Waals surface area contributed by atoms with E-state index in [1.54, 1.807) is 13.2 Å². The second-order valence-electron chi connectivity index (χ2n) is 6.42. The molecule has 0 unspecified atom stereocenters. The van der Waals surface area contributed by atoms with Crippen molar-refractivity contribution in [3.63, 3.8) is 0 Å². The first-order chi connectivity index (χ1) is 14.1. The summed E-state index contributed by atoms with van der Waals surface area (Å²) in [6, 6.07) is 18.0. The van der Waals surface area contributed by atoms with Gasteiger partial charge in [0.05, 0.1) is 26.4 Å². The number of hydrogen-bond acceptors (Lipinski definition) is 4. The third-order valence-electron chi connectivity index (χ3n) is 4.66. The molecule has 0 aromatic heterocycles. The van der Waals surface area contributed by atoms with Gasteiger partial charge in [-0.1, -0.05) is 18.2 Å². The molecule has 2 aromatic rings. The average Bonchev–Trinajstić information content (AvgIpc) is 2.79. The second kappa shape index (κ2) is 9.30. The second-order valence-corrected chi connectivity index (χ2v) is 6.42. The van der Waals surface area contributed by atoms with E-state index in [0.717, 1.165) is 28.3 Å². The van der Waals surface area contributed by atoms with Gasteiger partial charge in [-0.3, -0.25) is 0 Å². The fourth-order valence-corrected chi connectivity index (χ4v) is 2.96. The van der Waals surface area contributed by atoms with E-state index in [1.165, 1.54) is 0 Å². The van der Waals surface area contributed by atoms with Gasteiger partial charge in [0.2, 0.25) is 0 Å².